The summed E-state index contributed by atoms with van der Waals surface area (Å²) in [5.74, 6) is 4.19. The van der Waals surface area contributed by atoms with E-state index in [-0.39, 0.29) is 19.8 Å². The molecule has 0 aliphatic rings. The van der Waals surface area contributed by atoms with Crippen LogP contribution in [-0.2, 0) is 22.7 Å². The summed E-state index contributed by atoms with van der Waals surface area (Å²) in [5.41, 5.74) is 0. The fraction of sp³-hybridized carbons (Fsp3) is 0.500. The van der Waals surface area contributed by atoms with Gasteiger partial charge in [-0.2, -0.15) is 0 Å². The highest BCUT2D eigenvalue weighted by atomic mass is 32.1. The summed E-state index contributed by atoms with van der Waals surface area (Å²) < 4.78 is 37.3. The van der Waals surface area contributed by atoms with E-state index in [0.29, 0.717) is 0 Å². The predicted octanol–water partition coefficient (Wildman–Crippen LogP) is 1.91. The van der Waals surface area contributed by atoms with E-state index in [1.54, 1.807) is 6.92 Å². The van der Waals surface area contributed by atoms with Crippen LogP contribution in [0.3, 0.4) is 0 Å². The van der Waals surface area contributed by atoms with Gasteiger partial charge in [0.15, 0.2) is 0 Å². The molecule has 0 radical (unpaired) electrons. The minimum atomic E-state index is -3.82. The van der Waals surface area contributed by atoms with Gasteiger partial charge in [0.05, 0.1) is 6.61 Å². The first-order valence-corrected chi connectivity index (χ1v) is 7.74. The third-order valence-electron chi connectivity index (χ3n) is 1.13. The van der Waals surface area contributed by atoms with Crippen molar-refractivity contribution in [2.45, 2.75) is 6.92 Å². The van der Waals surface area contributed by atoms with Crippen LogP contribution in [0, 0.1) is 24.7 Å². The highest BCUT2D eigenvalue weighted by molar-refractivity contribution is 8.21. The number of hydrogen-bond acceptors (Lipinski definition) is 5. The molecule has 0 bridgehead atoms. The SMILES string of the molecule is C#CCOP(=O)(OCC#C)[PH](=O)OCC. The van der Waals surface area contributed by atoms with Crippen molar-refractivity contribution in [1.82, 2.24) is 0 Å². The van der Waals surface area contributed by atoms with Crippen LogP contribution in [-0.4, -0.2) is 19.8 Å². The molecular formula is C8H12O5P2. The topological polar surface area (TPSA) is 61.8 Å². The molecule has 0 aromatic rings. The normalized spacial score (nSPS) is 12.7. The van der Waals surface area contributed by atoms with E-state index in [1.165, 1.54) is 0 Å². The van der Waals surface area contributed by atoms with Gasteiger partial charge in [-0.25, -0.2) is 4.57 Å². The van der Waals surface area contributed by atoms with Gasteiger partial charge in [0.2, 0.25) is 0 Å². The van der Waals surface area contributed by atoms with E-state index in [9.17, 15) is 9.13 Å². The Hall–Kier alpha value is -0.540. The van der Waals surface area contributed by atoms with E-state index in [1.807, 2.05) is 0 Å². The Morgan fingerprint density at radius 1 is 1.27 bits per heavy atom. The lowest BCUT2D eigenvalue weighted by molar-refractivity contribution is 0.249. The molecule has 0 spiro atoms. The molecule has 0 saturated carbocycles. The molecule has 15 heavy (non-hydrogen) atoms. The van der Waals surface area contributed by atoms with Crippen LogP contribution in [0.2, 0.25) is 0 Å². The van der Waals surface area contributed by atoms with Crippen LogP contribution >= 0.6 is 15.0 Å². The second-order valence-electron chi connectivity index (χ2n) is 2.15. The van der Waals surface area contributed by atoms with Gasteiger partial charge in [-0.1, -0.05) is 11.8 Å². The Morgan fingerprint density at radius 2 is 1.73 bits per heavy atom. The highest BCUT2D eigenvalue weighted by Crippen LogP contribution is 2.70. The van der Waals surface area contributed by atoms with Crippen LogP contribution in [0.5, 0.6) is 0 Å². The van der Waals surface area contributed by atoms with Gasteiger partial charge in [0.1, 0.15) is 13.2 Å². The van der Waals surface area contributed by atoms with Crippen molar-refractivity contribution in [3.63, 3.8) is 0 Å². The van der Waals surface area contributed by atoms with Crippen molar-refractivity contribution in [3.05, 3.63) is 0 Å². The first-order valence-electron chi connectivity index (χ1n) is 4.04. The van der Waals surface area contributed by atoms with Crippen molar-refractivity contribution in [1.29, 1.82) is 0 Å². The summed E-state index contributed by atoms with van der Waals surface area (Å²) >= 11 is 0. The minimum absolute atomic E-state index is 0.139. The molecule has 0 rings (SSSR count). The van der Waals surface area contributed by atoms with Gasteiger partial charge in [0, 0.05) is 0 Å². The largest absolute Gasteiger partial charge is 0.411 e. The van der Waals surface area contributed by atoms with Crippen molar-refractivity contribution in [2.24, 2.45) is 0 Å². The number of rotatable bonds is 7. The molecular weight excluding hydrogens is 238 g/mol. The van der Waals surface area contributed by atoms with Crippen LogP contribution in [0.25, 0.3) is 0 Å². The summed E-state index contributed by atoms with van der Waals surface area (Å²) in [6.45, 7) is 1.20. The lowest BCUT2D eigenvalue weighted by atomic mass is 10.8. The molecule has 0 amide bonds. The van der Waals surface area contributed by atoms with Gasteiger partial charge >= 0.3 is 15.0 Å². The summed E-state index contributed by atoms with van der Waals surface area (Å²) in [4.78, 5) is 0. The van der Waals surface area contributed by atoms with Gasteiger partial charge < -0.3 is 4.52 Å². The molecule has 0 heterocycles. The fourth-order valence-electron chi connectivity index (χ4n) is 0.590. The predicted molar refractivity (Wildman–Crippen MR) is 57.8 cm³/mol. The van der Waals surface area contributed by atoms with Gasteiger partial charge in [0.25, 0.3) is 0 Å². The molecule has 0 aliphatic heterocycles. The quantitative estimate of drug-likeness (QED) is 0.510. The summed E-state index contributed by atoms with van der Waals surface area (Å²) in [6, 6.07) is 0. The molecule has 0 aromatic carbocycles. The molecule has 1 unspecified atom stereocenters. The van der Waals surface area contributed by atoms with Crippen molar-refractivity contribution in [2.75, 3.05) is 19.8 Å². The van der Waals surface area contributed by atoms with Gasteiger partial charge in [-0.15, -0.1) is 12.8 Å². The molecule has 0 aliphatic carbocycles. The second kappa shape index (κ2) is 7.71. The molecule has 0 aromatic heterocycles. The van der Waals surface area contributed by atoms with Crippen LogP contribution in [0.15, 0.2) is 0 Å². The maximum atomic E-state index is 11.8. The maximum absolute atomic E-state index is 11.8. The zero-order valence-electron chi connectivity index (χ0n) is 8.26. The molecule has 0 fully saturated rings. The second-order valence-corrected chi connectivity index (χ2v) is 7.22. The molecule has 0 N–H and O–H groups in total. The van der Waals surface area contributed by atoms with Crippen molar-refractivity contribution in [3.8, 4) is 24.7 Å². The Morgan fingerprint density at radius 3 is 2.07 bits per heavy atom. The van der Waals surface area contributed by atoms with E-state index in [2.05, 4.69) is 11.8 Å². The summed E-state index contributed by atoms with van der Waals surface area (Å²) in [7, 11) is -6.77. The molecule has 5 nitrogen and oxygen atoms in total. The summed E-state index contributed by atoms with van der Waals surface area (Å²) in [5, 5.41) is 0. The minimum Gasteiger partial charge on any atom is -0.323 e. The van der Waals surface area contributed by atoms with Crippen LogP contribution < -0.4 is 0 Å². The average Bonchev–Trinajstić information content (AvgIpc) is 2.24. The fourth-order valence-corrected chi connectivity index (χ4v) is 3.65. The molecule has 1 atom stereocenters. The van der Waals surface area contributed by atoms with E-state index in [0.717, 1.165) is 0 Å². The van der Waals surface area contributed by atoms with Crippen LogP contribution in [0.1, 0.15) is 6.92 Å². The standard InChI is InChI=1S/C8H12O5P2/c1-4-7-12-15(10,13-8-5-2)14(9)11-6-3/h1-2,14H,6-8H2,3H3. The lowest BCUT2D eigenvalue weighted by Gasteiger charge is -2.14. The monoisotopic (exact) mass is 250 g/mol. The molecule has 7 heteroatoms. The van der Waals surface area contributed by atoms with E-state index >= 15 is 0 Å². The Balaban J connectivity index is 4.56. The van der Waals surface area contributed by atoms with Crippen LogP contribution in [0.4, 0.5) is 0 Å². The molecule has 0 saturated heterocycles. The maximum Gasteiger partial charge on any atom is 0.411 e. The Labute approximate surface area is 89.8 Å². The number of terminal acetylenes is 2. The Kier molecular flexibility index (Phi) is 7.44. The van der Waals surface area contributed by atoms with Crippen molar-refractivity contribution >= 4 is 15.0 Å². The zero-order chi connectivity index (χ0) is 11.7. The smallest absolute Gasteiger partial charge is 0.323 e. The zero-order valence-corrected chi connectivity index (χ0v) is 10.2. The average molecular weight is 250 g/mol. The summed E-state index contributed by atoms with van der Waals surface area (Å²) in [6.07, 6.45) is 9.83. The van der Waals surface area contributed by atoms with Gasteiger partial charge in [-0.05, 0) is 6.92 Å². The number of hydrogen-bond donors (Lipinski definition) is 0. The van der Waals surface area contributed by atoms with E-state index < -0.39 is 15.0 Å². The lowest BCUT2D eigenvalue weighted by Crippen LogP contribution is -1.95. The molecule has 84 valence electrons. The Bertz CT molecular complexity index is 316. The van der Waals surface area contributed by atoms with Gasteiger partial charge in [-0.3, -0.25) is 13.6 Å². The van der Waals surface area contributed by atoms with Crippen molar-refractivity contribution < 1.29 is 22.7 Å². The third-order valence-corrected chi connectivity index (χ3v) is 5.55. The first kappa shape index (κ1) is 14.5. The van der Waals surface area contributed by atoms with E-state index in [4.69, 9.17) is 26.4 Å². The highest BCUT2D eigenvalue weighted by Gasteiger charge is 2.33. The first-order chi connectivity index (χ1) is 7.10. The third kappa shape index (κ3) is 5.19.